The maximum absolute atomic E-state index is 3.48. The van der Waals surface area contributed by atoms with Crippen LogP contribution in [0, 0.1) is 13.8 Å². The van der Waals surface area contributed by atoms with Crippen molar-refractivity contribution in [3.05, 3.63) is 34.9 Å². The fourth-order valence-electron chi connectivity index (χ4n) is 2.79. The number of rotatable bonds is 5. The van der Waals surface area contributed by atoms with Crippen LogP contribution in [0.15, 0.2) is 18.2 Å². The molecule has 0 saturated heterocycles. The molecule has 2 heteroatoms. The number of thioether (sulfide) groups is 1. The molecule has 0 radical (unpaired) electrons. The Hall–Kier alpha value is -0.470. The quantitative estimate of drug-likeness (QED) is 0.842. The van der Waals surface area contributed by atoms with Gasteiger partial charge in [0, 0.05) is 17.0 Å². The SMILES string of the molecule is CNC(CSC1CCCCC1)c1ccc(C)c(C)c1. The Morgan fingerprint density at radius 3 is 2.53 bits per heavy atom. The van der Waals surface area contributed by atoms with Crippen molar-refractivity contribution in [1.29, 1.82) is 0 Å². The summed E-state index contributed by atoms with van der Waals surface area (Å²) in [6, 6.07) is 7.37. The number of aryl methyl sites for hydroxylation is 2. The van der Waals surface area contributed by atoms with Crippen molar-refractivity contribution in [1.82, 2.24) is 5.32 Å². The van der Waals surface area contributed by atoms with E-state index in [2.05, 4.69) is 56.2 Å². The fourth-order valence-corrected chi connectivity index (χ4v) is 4.28. The van der Waals surface area contributed by atoms with Crippen molar-refractivity contribution in [2.75, 3.05) is 12.8 Å². The van der Waals surface area contributed by atoms with Gasteiger partial charge in [-0.1, -0.05) is 37.5 Å². The van der Waals surface area contributed by atoms with Crippen LogP contribution in [0.4, 0.5) is 0 Å². The summed E-state index contributed by atoms with van der Waals surface area (Å²) in [5.41, 5.74) is 4.23. The predicted molar refractivity (Wildman–Crippen MR) is 87.0 cm³/mol. The van der Waals surface area contributed by atoms with Gasteiger partial charge in [-0.2, -0.15) is 11.8 Å². The summed E-state index contributed by atoms with van der Waals surface area (Å²) >= 11 is 2.17. The third kappa shape index (κ3) is 4.25. The summed E-state index contributed by atoms with van der Waals surface area (Å²) < 4.78 is 0. The van der Waals surface area contributed by atoms with Gasteiger partial charge >= 0.3 is 0 Å². The van der Waals surface area contributed by atoms with Crippen LogP contribution < -0.4 is 5.32 Å². The minimum atomic E-state index is 0.492. The van der Waals surface area contributed by atoms with Gasteiger partial charge in [0.2, 0.25) is 0 Å². The second kappa shape index (κ2) is 7.35. The predicted octanol–water partition coefficient (Wildman–Crippen LogP) is 4.63. The smallest absolute Gasteiger partial charge is 0.0409 e. The van der Waals surface area contributed by atoms with Gasteiger partial charge in [0.1, 0.15) is 0 Å². The summed E-state index contributed by atoms with van der Waals surface area (Å²) in [6.07, 6.45) is 7.17. The lowest BCUT2D eigenvalue weighted by Crippen LogP contribution is -2.21. The van der Waals surface area contributed by atoms with E-state index in [0.717, 1.165) is 5.25 Å². The normalized spacial score (nSPS) is 18.5. The van der Waals surface area contributed by atoms with Crippen LogP contribution in [-0.4, -0.2) is 18.1 Å². The lowest BCUT2D eigenvalue weighted by Gasteiger charge is -2.24. The molecule has 19 heavy (non-hydrogen) atoms. The van der Waals surface area contributed by atoms with Gasteiger partial charge in [-0.05, 0) is 50.4 Å². The highest BCUT2D eigenvalue weighted by Gasteiger charge is 2.17. The second-order valence-corrected chi connectivity index (χ2v) is 7.11. The van der Waals surface area contributed by atoms with Crippen LogP contribution in [-0.2, 0) is 0 Å². The monoisotopic (exact) mass is 277 g/mol. The van der Waals surface area contributed by atoms with Gasteiger partial charge in [-0.3, -0.25) is 0 Å². The fraction of sp³-hybridized carbons (Fsp3) is 0.647. The molecular formula is C17H27NS. The van der Waals surface area contributed by atoms with Gasteiger partial charge in [-0.25, -0.2) is 0 Å². The molecule has 0 heterocycles. The summed E-state index contributed by atoms with van der Waals surface area (Å²) in [4.78, 5) is 0. The summed E-state index contributed by atoms with van der Waals surface area (Å²) in [7, 11) is 2.08. The maximum Gasteiger partial charge on any atom is 0.0409 e. The van der Waals surface area contributed by atoms with Crippen molar-refractivity contribution < 1.29 is 0 Å². The van der Waals surface area contributed by atoms with E-state index in [1.165, 1.54) is 54.5 Å². The van der Waals surface area contributed by atoms with E-state index in [4.69, 9.17) is 0 Å². The average Bonchev–Trinajstić information content (AvgIpc) is 2.44. The van der Waals surface area contributed by atoms with E-state index in [1.54, 1.807) is 0 Å². The van der Waals surface area contributed by atoms with Crippen molar-refractivity contribution in [3.8, 4) is 0 Å². The molecule has 1 aromatic carbocycles. The molecule has 1 aromatic rings. The molecular weight excluding hydrogens is 250 g/mol. The van der Waals surface area contributed by atoms with Crippen LogP contribution in [0.1, 0.15) is 54.8 Å². The van der Waals surface area contributed by atoms with E-state index in [1.807, 2.05) is 0 Å². The van der Waals surface area contributed by atoms with Gasteiger partial charge in [0.15, 0.2) is 0 Å². The highest BCUT2D eigenvalue weighted by atomic mass is 32.2. The third-order valence-electron chi connectivity index (χ3n) is 4.33. The molecule has 2 rings (SSSR count). The molecule has 1 fully saturated rings. The number of hydrogen-bond donors (Lipinski definition) is 1. The average molecular weight is 277 g/mol. The number of nitrogens with one attached hydrogen (secondary N) is 1. The van der Waals surface area contributed by atoms with Crippen LogP contribution in [0.5, 0.6) is 0 Å². The Kier molecular flexibility index (Phi) is 5.77. The van der Waals surface area contributed by atoms with Crippen LogP contribution in [0.25, 0.3) is 0 Å². The lowest BCUT2D eigenvalue weighted by atomic mass is 10.0. The summed E-state index contributed by atoms with van der Waals surface area (Å²) in [5.74, 6) is 1.20. The zero-order valence-electron chi connectivity index (χ0n) is 12.5. The van der Waals surface area contributed by atoms with Crippen molar-refractivity contribution in [2.24, 2.45) is 0 Å². The molecule has 0 spiro atoms. The molecule has 0 aliphatic heterocycles. The molecule has 1 atom stereocenters. The second-order valence-electron chi connectivity index (χ2n) is 5.78. The molecule has 1 aliphatic carbocycles. The van der Waals surface area contributed by atoms with Gasteiger partial charge in [0.05, 0.1) is 0 Å². The van der Waals surface area contributed by atoms with Gasteiger partial charge in [-0.15, -0.1) is 0 Å². The number of benzene rings is 1. The van der Waals surface area contributed by atoms with Crippen molar-refractivity contribution in [3.63, 3.8) is 0 Å². The molecule has 1 saturated carbocycles. The first-order chi connectivity index (χ1) is 9.20. The minimum Gasteiger partial charge on any atom is -0.312 e. The Morgan fingerprint density at radius 2 is 1.89 bits per heavy atom. The molecule has 0 aromatic heterocycles. The number of hydrogen-bond acceptors (Lipinski definition) is 2. The zero-order chi connectivity index (χ0) is 13.7. The Balaban J connectivity index is 1.93. The highest BCUT2D eigenvalue weighted by Crippen LogP contribution is 2.31. The zero-order valence-corrected chi connectivity index (χ0v) is 13.4. The largest absolute Gasteiger partial charge is 0.312 e. The first-order valence-corrected chi connectivity index (χ1v) is 8.61. The molecule has 1 unspecified atom stereocenters. The summed E-state index contributed by atoms with van der Waals surface area (Å²) in [6.45, 7) is 4.39. The van der Waals surface area contributed by atoms with Crippen molar-refractivity contribution in [2.45, 2.75) is 57.2 Å². The molecule has 1 nitrogen and oxygen atoms in total. The Bertz CT molecular complexity index is 396. The van der Waals surface area contributed by atoms with E-state index in [9.17, 15) is 0 Å². The van der Waals surface area contributed by atoms with Crippen LogP contribution in [0.2, 0.25) is 0 Å². The highest BCUT2D eigenvalue weighted by molar-refractivity contribution is 7.99. The van der Waals surface area contributed by atoms with Crippen LogP contribution >= 0.6 is 11.8 Å². The topological polar surface area (TPSA) is 12.0 Å². The minimum absolute atomic E-state index is 0.492. The molecule has 0 bridgehead atoms. The summed E-state index contributed by atoms with van der Waals surface area (Å²) in [5, 5.41) is 4.38. The molecule has 1 aliphatic rings. The van der Waals surface area contributed by atoms with Crippen molar-refractivity contribution >= 4 is 11.8 Å². The maximum atomic E-state index is 3.48. The van der Waals surface area contributed by atoms with E-state index in [0.29, 0.717) is 6.04 Å². The van der Waals surface area contributed by atoms with E-state index >= 15 is 0 Å². The van der Waals surface area contributed by atoms with Crippen LogP contribution in [0.3, 0.4) is 0 Å². The lowest BCUT2D eigenvalue weighted by molar-refractivity contribution is 0.514. The Morgan fingerprint density at radius 1 is 1.16 bits per heavy atom. The first-order valence-electron chi connectivity index (χ1n) is 7.56. The molecule has 1 N–H and O–H groups in total. The van der Waals surface area contributed by atoms with E-state index in [-0.39, 0.29) is 0 Å². The third-order valence-corrected chi connectivity index (χ3v) is 5.80. The van der Waals surface area contributed by atoms with E-state index < -0.39 is 0 Å². The first kappa shape index (κ1) is 14.9. The van der Waals surface area contributed by atoms with Gasteiger partial charge < -0.3 is 5.32 Å². The van der Waals surface area contributed by atoms with Gasteiger partial charge in [0.25, 0.3) is 0 Å². The Labute approximate surface area is 122 Å². The molecule has 106 valence electrons. The molecule has 0 amide bonds. The standard InChI is InChI=1S/C17H27NS/c1-13-9-10-15(11-14(13)2)17(18-3)12-19-16-7-5-4-6-8-16/h9-11,16-18H,4-8,12H2,1-3H3.